The molecule has 0 saturated heterocycles. The minimum absolute atomic E-state index is 0. The molecule has 0 unspecified atom stereocenters. The van der Waals surface area contributed by atoms with E-state index in [1.807, 2.05) is 265 Å². The molecule has 114 heavy (non-hydrogen) atoms. The number of phenols is 4. The second-order valence-electron chi connectivity index (χ2n) is 26.0. The third-order valence-corrected chi connectivity index (χ3v) is 19.1. The van der Waals surface area contributed by atoms with Crippen LogP contribution in [-0.2, 0) is 63.2 Å². The summed E-state index contributed by atoms with van der Waals surface area (Å²) in [6.45, 7) is 0. The summed E-state index contributed by atoms with van der Waals surface area (Å²) in [5.41, 5.74) is 19.6. The number of phenolic OH excluding ortho intramolecular Hbond substituents is 4. The summed E-state index contributed by atoms with van der Waals surface area (Å²) < 4.78 is 3.94. The molecule has 0 spiro atoms. The van der Waals surface area contributed by atoms with Crippen LogP contribution in [0.4, 0.5) is 28.7 Å². The fourth-order valence-electron chi connectivity index (χ4n) is 13.8. The fraction of sp³-hybridized carbons (Fsp3) is 0.0208. The number of para-hydroxylation sites is 9. The Hall–Kier alpha value is -13.2. The Morgan fingerprint density at radius 1 is 0.272 bits per heavy atom. The van der Waals surface area contributed by atoms with E-state index in [0.29, 0.717) is 68.3 Å². The van der Waals surface area contributed by atoms with Crippen LogP contribution in [0.3, 0.4) is 0 Å². The molecule has 6 heterocycles. The largest absolute Gasteiger partial charge is 2.00 e. The average molecular weight is 2030 g/mol. The Balaban J connectivity index is 0.000000148. The molecular weight excluding hydrogens is 1960 g/mol. The van der Waals surface area contributed by atoms with E-state index in [1.54, 1.807) is 48.5 Å². The van der Waals surface area contributed by atoms with Crippen molar-refractivity contribution in [3.8, 4) is 136 Å². The maximum atomic E-state index is 10.5. The van der Waals surface area contributed by atoms with E-state index in [0.717, 1.165) is 95.0 Å². The predicted octanol–water partition coefficient (Wildman–Crippen LogP) is 23.9. The van der Waals surface area contributed by atoms with Gasteiger partial charge >= 0.3 is 21.1 Å². The van der Waals surface area contributed by atoms with Crippen molar-refractivity contribution in [2.24, 2.45) is 0 Å². The molecule has 18 rings (SSSR count). The number of benzene rings is 12. The van der Waals surface area contributed by atoms with Gasteiger partial charge in [0.1, 0.15) is 34.6 Å². The van der Waals surface area contributed by atoms with E-state index in [4.69, 9.17) is 29.9 Å². The van der Waals surface area contributed by atoms with Gasteiger partial charge in [-0.25, -0.2) is 29.9 Å². The number of aromatic nitrogens is 8. The van der Waals surface area contributed by atoms with Crippen LogP contribution < -0.4 is 4.90 Å². The second kappa shape index (κ2) is 36.3. The van der Waals surface area contributed by atoms with Gasteiger partial charge in [-0.05, 0) is 155 Å². The SMILES string of the molecule is C[N-]c1ccccc1-c1cc(-c2ccccc2)c2ccc3c(-c4ccccc4)cc(-c4ccccc4[N-]C)nc3c2n1.Oc1ccccc1-c1cccc(N(c2ccccc2)c2cccc(-c3ccccc3O)n2)n1.Oc1ccccc1-c1cn(-c2ccccc2)c(-c2nc(-c3ccccc3O)cn2-c2ccccc2)n1.[Pt+2].[Pt].[Pt]. The van der Waals surface area contributed by atoms with Crippen molar-refractivity contribution in [1.82, 2.24) is 39.0 Å². The smallest absolute Gasteiger partial charge is 0.686 e. The summed E-state index contributed by atoms with van der Waals surface area (Å²) in [6.07, 6.45) is 3.81. The maximum Gasteiger partial charge on any atom is 2.00 e. The van der Waals surface area contributed by atoms with E-state index in [-0.39, 0.29) is 86.2 Å². The zero-order chi connectivity index (χ0) is 75.6. The first kappa shape index (κ1) is 78.9. The first-order valence-corrected chi connectivity index (χ1v) is 36.1. The van der Waals surface area contributed by atoms with Crippen LogP contribution in [0, 0.1) is 0 Å². The number of rotatable bonds is 16. The summed E-state index contributed by atoms with van der Waals surface area (Å²) in [5, 5.41) is 52.9. The summed E-state index contributed by atoms with van der Waals surface area (Å²) in [7, 11) is 3.65. The molecule has 0 aliphatic heterocycles. The van der Waals surface area contributed by atoms with Gasteiger partial charge in [-0.3, -0.25) is 14.0 Å². The Kier molecular flexibility index (Phi) is 25.2. The minimum atomic E-state index is 0. The molecule has 0 radical (unpaired) electrons. The Morgan fingerprint density at radius 2 is 0.579 bits per heavy atom. The van der Waals surface area contributed by atoms with E-state index in [2.05, 4.69) is 95.6 Å². The molecule has 15 nitrogen and oxygen atoms in total. The first-order chi connectivity index (χ1) is 54.6. The Bertz CT molecular complexity index is 5980. The quantitative estimate of drug-likeness (QED) is 0.0671. The van der Waals surface area contributed by atoms with Crippen molar-refractivity contribution in [2.45, 2.75) is 0 Å². The van der Waals surface area contributed by atoms with Crippen LogP contribution in [0.2, 0.25) is 0 Å². The zero-order valence-corrected chi connectivity index (χ0v) is 68.2. The predicted molar refractivity (Wildman–Crippen MR) is 448 cm³/mol. The molecule has 564 valence electrons. The molecule has 0 bridgehead atoms. The van der Waals surface area contributed by atoms with Crippen molar-refractivity contribution < 1.29 is 83.6 Å². The third kappa shape index (κ3) is 16.7. The molecule has 4 N–H and O–H groups in total. The van der Waals surface area contributed by atoms with Crippen LogP contribution in [0.15, 0.2) is 370 Å². The normalized spacial score (nSPS) is 10.6. The van der Waals surface area contributed by atoms with Crippen molar-refractivity contribution in [2.75, 3.05) is 19.0 Å². The summed E-state index contributed by atoms with van der Waals surface area (Å²) in [4.78, 5) is 32.2. The van der Waals surface area contributed by atoms with Crippen LogP contribution in [0.1, 0.15) is 0 Å². The molecule has 0 saturated carbocycles. The Labute approximate surface area is 703 Å². The molecule has 0 aliphatic rings. The van der Waals surface area contributed by atoms with Crippen LogP contribution in [0.5, 0.6) is 23.0 Å². The number of fused-ring (bicyclic) bond motifs is 3. The van der Waals surface area contributed by atoms with Gasteiger partial charge in [0.15, 0.2) is 11.6 Å². The second-order valence-corrected chi connectivity index (χ2v) is 26.0. The van der Waals surface area contributed by atoms with E-state index < -0.39 is 0 Å². The number of hydrogen-bond donors (Lipinski definition) is 4. The first-order valence-electron chi connectivity index (χ1n) is 36.1. The van der Waals surface area contributed by atoms with E-state index in [9.17, 15) is 20.4 Å². The van der Waals surface area contributed by atoms with Crippen LogP contribution in [-0.4, -0.2) is 73.6 Å². The molecule has 0 aliphatic carbocycles. The van der Waals surface area contributed by atoms with E-state index in [1.165, 1.54) is 0 Å². The molecule has 6 aromatic heterocycles. The van der Waals surface area contributed by atoms with Crippen LogP contribution in [0.25, 0.3) is 145 Å². The number of pyridine rings is 4. The monoisotopic (exact) mass is 2030 g/mol. The van der Waals surface area contributed by atoms with Gasteiger partial charge in [0, 0.05) is 105 Å². The molecular formula is C96H71N11O4Pt3. The maximum absolute atomic E-state index is 10.5. The number of imidazole rings is 2. The van der Waals surface area contributed by atoms with Crippen molar-refractivity contribution in [3.63, 3.8) is 0 Å². The molecule has 0 amide bonds. The standard InChI is InChI=1S/C38H28N4.C30H22N4O2.C28H21N3O2.3Pt/c1-39-33-19-11-9-17-29(33)35-23-31(25-13-5-3-6-14-25)27-21-22-28-32(26-15-7-4-8-16-26)24-36(42-38(28)37(27)41-35)30-18-10-12-20-34(30)40-2;35-27-17-9-7-15-23(27)25-19-33(21-11-3-1-4-12-21)29(31-25)30-32-26(24-16-8-10-18-28(24)36)20-34(30)22-13-5-2-6-14-22;32-25-16-6-4-12-21(25)23-14-8-18-27(29-23)31(20-10-2-1-3-11-20)28-19-9-15-24(30-28)22-13-5-7-17-26(22)33;;;/h3-24H,1-2H3;1-20,35-36H;1-19,32-33H;;;/q-2;;;;;+2. The summed E-state index contributed by atoms with van der Waals surface area (Å²) >= 11 is 0. The van der Waals surface area contributed by atoms with Gasteiger partial charge in [-0.2, -0.15) is 0 Å². The topological polar surface area (TPSA) is 200 Å². The average Bonchev–Trinajstić information content (AvgIpc) is 0.746. The zero-order valence-electron chi connectivity index (χ0n) is 61.4. The van der Waals surface area contributed by atoms with Crippen molar-refractivity contribution in [3.05, 3.63) is 381 Å². The fourth-order valence-corrected chi connectivity index (χ4v) is 13.8. The van der Waals surface area contributed by atoms with Crippen molar-refractivity contribution in [1.29, 1.82) is 0 Å². The van der Waals surface area contributed by atoms with Crippen molar-refractivity contribution >= 4 is 50.5 Å². The van der Waals surface area contributed by atoms with Gasteiger partial charge in [-0.15, -0.1) is 25.5 Å². The van der Waals surface area contributed by atoms with Gasteiger partial charge < -0.3 is 31.1 Å². The van der Waals surface area contributed by atoms with Gasteiger partial charge in [0.25, 0.3) is 0 Å². The molecule has 18 heteroatoms. The minimum Gasteiger partial charge on any atom is -0.686 e. The van der Waals surface area contributed by atoms with Gasteiger partial charge in [0.2, 0.25) is 0 Å². The molecule has 12 aromatic carbocycles. The number of anilines is 3. The summed E-state index contributed by atoms with van der Waals surface area (Å²) in [6, 6.07) is 116. The third-order valence-electron chi connectivity index (χ3n) is 19.1. The number of aromatic hydroxyl groups is 4. The Morgan fingerprint density at radius 3 is 0.930 bits per heavy atom. The molecule has 0 atom stereocenters. The summed E-state index contributed by atoms with van der Waals surface area (Å²) in [5.74, 6) is 3.18. The van der Waals surface area contributed by atoms with E-state index >= 15 is 0 Å². The number of nitrogens with zero attached hydrogens (tertiary/aromatic N) is 11. The van der Waals surface area contributed by atoms with Crippen LogP contribution >= 0.6 is 0 Å². The van der Waals surface area contributed by atoms with Gasteiger partial charge in [-0.1, -0.05) is 237 Å². The van der Waals surface area contributed by atoms with Gasteiger partial charge in [0.05, 0.1) is 45.2 Å². The molecule has 18 aromatic rings. The molecule has 0 fully saturated rings. The number of hydrogen-bond acceptors (Lipinski definition) is 11.